The minimum Gasteiger partial charge on any atom is -0.303 e. The van der Waals surface area contributed by atoms with Crippen molar-refractivity contribution in [2.45, 2.75) is 19.8 Å². The first kappa shape index (κ1) is 9.17. The van der Waals surface area contributed by atoms with Crippen LogP contribution in [0.1, 0.15) is 19.8 Å². The molecule has 1 fully saturated rings. The Morgan fingerprint density at radius 1 is 1.42 bits per heavy atom. The molecule has 12 heavy (non-hydrogen) atoms. The van der Waals surface area contributed by atoms with Crippen LogP contribution < -0.4 is 0 Å². The van der Waals surface area contributed by atoms with Crippen LogP contribution in [0.4, 0.5) is 0 Å². The Hall–Kier alpha value is -0.920. The van der Waals surface area contributed by atoms with Crippen LogP contribution in [0.15, 0.2) is 12.2 Å². The second kappa shape index (κ2) is 3.65. The normalized spacial score (nSPS) is 34.6. The molecule has 0 bridgehead atoms. The van der Waals surface area contributed by atoms with E-state index in [1.165, 1.54) is 0 Å². The highest BCUT2D eigenvalue weighted by Gasteiger charge is 2.34. The Labute approximate surface area is 72.7 Å². The van der Waals surface area contributed by atoms with Crippen molar-refractivity contribution in [3.63, 3.8) is 0 Å². The molecule has 1 aliphatic rings. The fourth-order valence-electron chi connectivity index (χ4n) is 1.97. The Bertz CT molecular complexity index is 208. The van der Waals surface area contributed by atoms with Crippen molar-refractivity contribution in [1.82, 2.24) is 0 Å². The second-order valence-electron chi connectivity index (χ2n) is 3.57. The van der Waals surface area contributed by atoms with Crippen molar-refractivity contribution in [3.8, 4) is 0 Å². The summed E-state index contributed by atoms with van der Waals surface area (Å²) in [5.41, 5.74) is 0.580. The monoisotopic (exact) mass is 166 g/mol. The van der Waals surface area contributed by atoms with Gasteiger partial charge in [-0.2, -0.15) is 0 Å². The molecule has 0 N–H and O–H groups in total. The predicted octanol–water partition coefficient (Wildman–Crippen LogP) is 1.60. The molecule has 3 atom stereocenters. The maximum atomic E-state index is 10.7. The van der Waals surface area contributed by atoms with Crippen LogP contribution in [-0.4, -0.2) is 12.6 Å². The molecule has 0 heterocycles. The molecule has 0 spiro atoms. The second-order valence-corrected chi connectivity index (χ2v) is 3.57. The smallest absolute Gasteiger partial charge is 0.145 e. The predicted molar refractivity (Wildman–Crippen MR) is 46.6 cm³/mol. The van der Waals surface area contributed by atoms with Crippen molar-refractivity contribution >= 4 is 12.6 Å². The van der Waals surface area contributed by atoms with Gasteiger partial charge in [-0.3, -0.25) is 4.79 Å². The molecule has 0 aromatic carbocycles. The summed E-state index contributed by atoms with van der Waals surface area (Å²) in [6.07, 6.45) is 3.71. The zero-order valence-electron chi connectivity index (χ0n) is 7.32. The van der Waals surface area contributed by atoms with Gasteiger partial charge in [-0.25, -0.2) is 0 Å². The molecular formula is C10H14O2. The average Bonchev–Trinajstić information content (AvgIpc) is 2.45. The van der Waals surface area contributed by atoms with Crippen LogP contribution >= 0.6 is 0 Å². The van der Waals surface area contributed by atoms with Gasteiger partial charge in [0.1, 0.15) is 12.6 Å². The lowest BCUT2D eigenvalue weighted by molar-refractivity contribution is -0.112. The SMILES string of the molecule is C=C(C=O)[C@@H]1CC[C@@H](C)[C@H]1C=O. The molecule has 1 aliphatic carbocycles. The number of hydrogen-bond donors (Lipinski definition) is 0. The van der Waals surface area contributed by atoms with Crippen LogP contribution in [-0.2, 0) is 9.59 Å². The molecule has 0 radical (unpaired) electrons. The first-order valence-electron chi connectivity index (χ1n) is 4.30. The molecule has 1 saturated carbocycles. The zero-order valence-corrected chi connectivity index (χ0v) is 7.32. The van der Waals surface area contributed by atoms with Crippen LogP contribution in [0.25, 0.3) is 0 Å². The molecule has 66 valence electrons. The van der Waals surface area contributed by atoms with E-state index in [-0.39, 0.29) is 11.8 Å². The van der Waals surface area contributed by atoms with Crippen LogP contribution in [0.2, 0.25) is 0 Å². The number of rotatable bonds is 3. The number of hydrogen-bond acceptors (Lipinski definition) is 2. The highest BCUT2D eigenvalue weighted by molar-refractivity contribution is 5.74. The minimum atomic E-state index is 0.0164. The van der Waals surface area contributed by atoms with E-state index in [2.05, 4.69) is 13.5 Å². The van der Waals surface area contributed by atoms with Crippen molar-refractivity contribution in [1.29, 1.82) is 0 Å². The molecule has 1 rings (SSSR count). The van der Waals surface area contributed by atoms with E-state index in [9.17, 15) is 9.59 Å². The summed E-state index contributed by atoms with van der Waals surface area (Å²) in [5.74, 6) is 0.530. The number of carbonyl (C=O) groups is 2. The largest absolute Gasteiger partial charge is 0.303 e. The molecule has 2 nitrogen and oxygen atoms in total. The van der Waals surface area contributed by atoms with Crippen molar-refractivity contribution in [2.24, 2.45) is 17.8 Å². The quantitative estimate of drug-likeness (QED) is 0.471. The van der Waals surface area contributed by atoms with Crippen LogP contribution in [0, 0.1) is 17.8 Å². The fraction of sp³-hybridized carbons (Fsp3) is 0.600. The number of carbonyl (C=O) groups excluding carboxylic acids is 2. The highest BCUT2D eigenvalue weighted by atomic mass is 16.1. The highest BCUT2D eigenvalue weighted by Crippen LogP contribution is 2.38. The van der Waals surface area contributed by atoms with Crippen molar-refractivity contribution in [2.75, 3.05) is 0 Å². The molecular weight excluding hydrogens is 152 g/mol. The molecule has 0 saturated heterocycles. The third-order valence-electron chi connectivity index (χ3n) is 2.84. The van der Waals surface area contributed by atoms with Crippen LogP contribution in [0.5, 0.6) is 0 Å². The van der Waals surface area contributed by atoms with E-state index >= 15 is 0 Å². The van der Waals surface area contributed by atoms with Gasteiger partial charge in [0, 0.05) is 5.92 Å². The fourth-order valence-corrected chi connectivity index (χ4v) is 1.97. The third kappa shape index (κ3) is 1.47. The van der Waals surface area contributed by atoms with Gasteiger partial charge < -0.3 is 4.79 Å². The van der Waals surface area contributed by atoms with Gasteiger partial charge in [-0.05, 0) is 30.3 Å². The van der Waals surface area contributed by atoms with Gasteiger partial charge in [-0.1, -0.05) is 13.5 Å². The maximum absolute atomic E-state index is 10.7. The van der Waals surface area contributed by atoms with E-state index < -0.39 is 0 Å². The summed E-state index contributed by atoms with van der Waals surface area (Å²) >= 11 is 0. The minimum absolute atomic E-state index is 0.0164. The lowest BCUT2D eigenvalue weighted by Crippen LogP contribution is -2.16. The molecule has 0 aromatic heterocycles. The molecule has 0 unspecified atom stereocenters. The summed E-state index contributed by atoms with van der Waals surface area (Å²) < 4.78 is 0. The molecule has 0 aliphatic heterocycles. The average molecular weight is 166 g/mol. The zero-order chi connectivity index (χ0) is 9.14. The lowest BCUT2D eigenvalue weighted by atomic mass is 9.87. The Kier molecular flexibility index (Phi) is 2.79. The van der Waals surface area contributed by atoms with Crippen LogP contribution in [0.3, 0.4) is 0 Å². The Balaban J connectivity index is 2.72. The Morgan fingerprint density at radius 3 is 2.58 bits per heavy atom. The first-order valence-corrected chi connectivity index (χ1v) is 4.30. The number of aldehydes is 2. The summed E-state index contributed by atoms with van der Waals surface area (Å²) in [6, 6.07) is 0. The van der Waals surface area contributed by atoms with Crippen molar-refractivity contribution < 1.29 is 9.59 Å². The van der Waals surface area contributed by atoms with Gasteiger partial charge >= 0.3 is 0 Å². The summed E-state index contributed by atoms with van der Waals surface area (Å²) in [5, 5.41) is 0. The molecule has 0 amide bonds. The lowest BCUT2D eigenvalue weighted by Gasteiger charge is -2.15. The van der Waals surface area contributed by atoms with Gasteiger partial charge in [0.25, 0.3) is 0 Å². The van der Waals surface area contributed by atoms with Gasteiger partial charge in [0.2, 0.25) is 0 Å². The van der Waals surface area contributed by atoms with E-state index in [1.54, 1.807) is 0 Å². The maximum Gasteiger partial charge on any atom is 0.145 e. The van der Waals surface area contributed by atoms with Crippen molar-refractivity contribution in [3.05, 3.63) is 12.2 Å². The van der Waals surface area contributed by atoms with E-state index in [0.717, 1.165) is 25.4 Å². The Morgan fingerprint density at radius 2 is 2.08 bits per heavy atom. The third-order valence-corrected chi connectivity index (χ3v) is 2.84. The number of allylic oxidation sites excluding steroid dienone is 1. The summed E-state index contributed by atoms with van der Waals surface area (Å²) in [6.45, 7) is 5.71. The molecule has 2 heteroatoms. The van der Waals surface area contributed by atoms with Gasteiger partial charge in [-0.15, -0.1) is 0 Å². The topological polar surface area (TPSA) is 34.1 Å². The molecule has 0 aromatic rings. The standard InChI is InChI=1S/C10H14O2/c1-7-3-4-9(8(2)5-11)10(7)6-12/h5-7,9-10H,2-4H2,1H3/t7-,9+,10-/m1/s1. The first-order chi connectivity index (χ1) is 5.70. The van der Waals surface area contributed by atoms with E-state index in [0.29, 0.717) is 11.5 Å². The summed E-state index contributed by atoms with van der Waals surface area (Å²) in [7, 11) is 0. The summed E-state index contributed by atoms with van der Waals surface area (Å²) in [4.78, 5) is 21.1. The van der Waals surface area contributed by atoms with E-state index in [1.807, 2.05) is 0 Å². The van der Waals surface area contributed by atoms with Gasteiger partial charge in [0.15, 0.2) is 0 Å². The van der Waals surface area contributed by atoms with E-state index in [4.69, 9.17) is 0 Å². The van der Waals surface area contributed by atoms with Gasteiger partial charge in [0.05, 0.1) is 0 Å².